The van der Waals surface area contributed by atoms with Crippen LogP contribution >= 0.6 is 11.3 Å². The summed E-state index contributed by atoms with van der Waals surface area (Å²) in [5.41, 5.74) is 0.746. The normalized spacial score (nSPS) is 11.7. The van der Waals surface area contributed by atoms with Gasteiger partial charge in [0.1, 0.15) is 0 Å². The monoisotopic (exact) mass is 269 g/mol. The van der Waals surface area contributed by atoms with Crippen LogP contribution in [0.25, 0.3) is 0 Å². The Morgan fingerprint density at radius 2 is 1.83 bits per heavy atom. The lowest BCUT2D eigenvalue weighted by molar-refractivity contribution is -0.137. The van der Waals surface area contributed by atoms with Crippen molar-refractivity contribution in [3.63, 3.8) is 0 Å². The highest BCUT2D eigenvalue weighted by Crippen LogP contribution is 2.15. The number of hydrogen-bond donors (Lipinski definition) is 2. The Hall–Kier alpha value is -1.36. The number of carbonyl (C=O) groups is 1. The van der Waals surface area contributed by atoms with Crippen LogP contribution in [0.5, 0.6) is 0 Å². The minimum absolute atomic E-state index is 0.262. The summed E-state index contributed by atoms with van der Waals surface area (Å²) in [6, 6.07) is 3.89. The van der Waals surface area contributed by atoms with Gasteiger partial charge >= 0.3 is 5.97 Å². The van der Waals surface area contributed by atoms with Crippen LogP contribution < -0.4 is 0 Å². The van der Waals surface area contributed by atoms with E-state index in [1.54, 1.807) is 11.3 Å². The van der Waals surface area contributed by atoms with Crippen LogP contribution in [0.2, 0.25) is 0 Å². The Balaban J connectivity index is 2.09. The summed E-state index contributed by atoms with van der Waals surface area (Å²) >= 11 is 1.57. The van der Waals surface area contributed by atoms with E-state index in [1.165, 1.54) is 0 Å². The summed E-state index contributed by atoms with van der Waals surface area (Å²) in [6.07, 6.45) is 5.80. The number of hydrogen-bond acceptors (Lipinski definition) is 4. The second kappa shape index (κ2) is 8.69. The number of nitrogens with zero attached hydrogens (tertiary/aromatic N) is 1. The van der Waals surface area contributed by atoms with Crippen molar-refractivity contribution in [3.05, 3.63) is 22.4 Å². The summed E-state index contributed by atoms with van der Waals surface area (Å²) < 4.78 is 0. The molecule has 0 bridgehead atoms. The number of aliphatic carboxylic acids is 1. The number of thiophene rings is 1. The molecular formula is C13H19NO3S. The first-order valence-electron chi connectivity index (χ1n) is 6.20. The first-order valence-corrected chi connectivity index (χ1v) is 7.08. The standard InChI is InChI=1S/C13H19NO3S/c15-13(16)9-5-3-1-2-4-7-11(14-17)12-8-6-10-18-12/h6,8,10,17H,1-5,7,9H2,(H,15,16)/b14-11-. The SMILES string of the molecule is O=C(O)CCCCCCC/C(=N/O)c1cccs1. The Morgan fingerprint density at radius 1 is 1.17 bits per heavy atom. The van der Waals surface area contributed by atoms with Gasteiger partial charge in [0.2, 0.25) is 0 Å². The third-order valence-corrected chi connectivity index (χ3v) is 3.65. The molecule has 0 aliphatic rings. The molecular weight excluding hydrogens is 250 g/mol. The van der Waals surface area contributed by atoms with E-state index in [4.69, 9.17) is 10.3 Å². The van der Waals surface area contributed by atoms with Crippen LogP contribution in [0.3, 0.4) is 0 Å². The van der Waals surface area contributed by atoms with E-state index in [0.29, 0.717) is 0 Å². The molecule has 0 radical (unpaired) electrons. The van der Waals surface area contributed by atoms with Crippen molar-refractivity contribution in [3.8, 4) is 0 Å². The fourth-order valence-corrected chi connectivity index (χ4v) is 2.50. The van der Waals surface area contributed by atoms with Crippen LogP contribution in [0.4, 0.5) is 0 Å². The Morgan fingerprint density at radius 3 is 2.39 bits per heavy atom. The van der Waals surface area contributed by atoms with E-state index < -0.39 is 5.97 Å². The topological polar surface area (TPSA) is 69.9 Å². The Kier molecular flexibility index (Phi) is 7.10. The maximum Gasteiger partial charge on any atom is 0.303 e. The summed E-state index contributed by atoms with van der Waals surface area (Å²) in [6.45, 7) is 0. The highest BCUT2D eigenvalue weighted by atomic mass is 32.1. The first kappa shape index (κ1) is 14.7. The fraction of sp³-hybridized carbons (Fsp3) is 0.538. The van der Waals surface area contributed by atoms with Crippen LogP contribution in [-0.2, 0) is 4.79 Å². The smallest absolute Gasteiger partial charge is 0.303 e. The van der Waals surface area contributed by atoms with Gasteiger partial charge in [0.15, 0.2) is 0 Å². The maximum absolute atomic E-state index is 10.3. The molecule has 2 N–H and O–H groups in total. The molecule has 0 atom stereocenters. The minimum atomic E-state index is -0.720. The molecule has 4 nitrogen and oxygen atoms in total. The van der Waals surface area contributed by atoms with Gasteiger partial charge in [-0.25, -0.2) is 0 Å². The van der Waals surface area contributed by atoms with Crippen LogP contribution in [0, 0.1) is 0 Å². The molecule has 0 spiro atoms. The van der Waals surface area contributed by atoms with Gasteiger partial charge in [-0.15, -0.1) is 11.3 Å². The molecule has 1 rings (SSSR count). The molecule has 5 heteroatoms. The summed E-state index contributed by atoms with van der Waals surface area (Å²) in [4.78, 5) is 11.3. The molecule has 0 unspecified atom stereocenters. The van der Waals surface area contributed by atoms with Gasteiger partial charge in [0.05, 0.1) is 10.6 Å². The van der Waals surface area contributed by atoms with E-state index in [9.17, 15) is 4.79 Å². The molecule has 0 fully saturated rings. The molecule has 0 aromatic carbocycles. The molecule has 1 aromatic rings. The molecule has 0 amide bonds. The van der Waals surface area contributed by atoms with Crippen LogP contribution in [0.15, 0.2) is 22.7 Å². The predicted molar refractivity (Wildman–Crippen MR) is 72.6 cm³/mol. The van der Waals surface area contributed by atoms with Gasteiger partial charge in [-0.05, 0) is 30.7 Å². The van der Waals surface area contributed by atoms with Crippen molar-refractivity contribution >= 4 is 23.0 Å². The zero-order chi connectivity index (χ0) is 13.2. The highest BCUT2D eigenvalue weighted by Gasteiger charge is 2.05. The van der Waals surface area contributed by atoms with Crippen molar-refractivity contribution in [2.75, 3.05) is 0 Å². The van der Waals surface area contributed by atoms with Gasteiger partial charge in [0, 0.05) is 6.42 Å². The first-order chi connectivity index (χ1) is 8.74. The lowest BCUT2D eigenvalue weighted by atomic mass is 10.1. The quantitative estimate of drug-likeness (QED) is 0.310. The predicted octanol–water partition coefficient (Wildman–Crippen LogP) is 3.74. The van der Waals surface area contributed by atoms with E-state index >= 15 is 0 Å². The van der Waals surface area contributed by atoms with Crippen LogP contribution in [-0.4, -0.2) is 22.0 Å². The second-order valence-corrected chi connectivity index (χ2v) is 5.13. The summed E-state index contributed by atoms with van der Waals surface area (Å²) in [5.74, 6) is -0.720. The number of rotatable bonds is 9. The molecule has 0 saturated carbocycles. The number of oxime groups is 1. The molecule has 18 heavy (non-hydrogen) atoms. The zero-order valence-corrected chi connectivity index (χ0v) is 11.2. The van der Waals surface area contributed by atoms with E-state index in [1.807, 2.05) is 17.5 Å². The molecule has 1 heterocycles. The molecule has 0 aliphatic heterocycles. The lowest BCUT2D eigenvalue weighted by Crippen LogP contribution is -1.98. The Bertz CT molecular complexity index is 374. The average Bonchev–Trinajstić information content (AvgIpc) is 2.86. The average molecular weight is 269 g/mol. The Labute approximate surface area is 111 Å². The van der Waals surface area contributed by atoms with E-state index in [-0.39, 0.29) is 6.42 Å². The van der Waals surface area contributed by atoms with E-state index in [0.717, 1.165) is 49.1 Å². The largest absolute Gasteiger partial charge is 0.481 e. The summed E-state index contributed by atoms with van der Waals surface area (Å²) in [7, 11) is 0. The zero-order valence-electron chi connectivity index (χ0n) is 10.3. The van der Waals surface area contributed by atoms with Gasteiger partial charge < -0.3 is 10.3 Å². The van der Waals surface area contributed by atoms with Crippen LogP contribution in [0.1, 0.15) is 49.8 Å². The van der Waals surface area contributed by atoms with E-state index in [2.05, 4.69) is 5.16 Å². The minimum Gasteiger partial charge on any atom is -0.481 e. The fourth-order valence-electron chi connectivity index (χ4n) is 1.76. The third kappa shape index (κ3) is 5.82. The highest BCUT2D eigenvalue weighted by molar-refractivity contribution is 7.12. The van der Waals surface area contributed by atoms with Gasteiger partial charge in [-0.2, -0.15) is 0 Å². The summed E-state index contributed by atoms with van der Waals surface area (Å²) in [5, 5.41) is 22.7. The second-order valence-electron chi connectivity index (χ2n) is 4.19. The third-order valence-electron chi connectivity index (χ3n) is 2.73. The number of carboxylic acids is 1. The van der Waals surface area contributed by atoms with Gasteiger partial charge in [0.25, 0.3) is 0 Å². The molecule has 0 aliphatic carbocycles. The number of carboxylic acid groups (broad SMARTS) is 1. The number of unbranched alkanes of at least 4 members (excludes halogenated alkanes) is 4. The molecule has 0 saturated heterocycles. The van der Waals surface area contributed by atoms with Gasteiger partial charge in [-0.1, -0.05) is 30.5 Å². The maximum atomic E-state index is 10.3. The lowest BCUT2D eigenvalue weighted by Gasteiger charge is -2.02. The molecule has 1 aromatic heterocycles. The molecule has 100 valence electrons. The van der Waals surface area contributed by atoms with Crippen molar-refractivity contribution in [1.82, 2.24) is 0 Å². The van der Waals surface area contributed by atoms with Gasteiger partial charge in [-0.3, -0.25) is 4.79 Å². The van der Waals surface area contributed by atoms with Crippen molar-refractivity contribution in [1.29, 1.82) is 0 Å². The van der Waals surface area contributed by atoms with Crippen molar-refractivity contribution in [2.24, 2.45) is 5.16 Å². The van der Waals surface area contributed by atoms with Crippen molar-refractivity contribution in [2.45, 2.75) is 44.9 Å². The van der Waals surface area contributed by atoms with Crippen molar-refractivity contribution < 1.29 is 15.1 Å².